The molecule has 0 bridgehead atoms. The zero-order valence-corrected chi connectivity index (χ0v) is 18.2. The van der Waals surface area contributed by atoms with E-state index in [-0.39, 0.29) is 16.4 Å². The van der Waals surface area contributed by atoms with Crippen molar-refractivity contribution in [2.24, 2.45) is 0 Å². The van der Waals surface area contributed by atoms with Crippen LogP contribution >= 0.6 is 39.3 Å². The Kier molecular flexibility index (Phi) is 6.15. The van der Waals surface area contributed by atoms with Crippen LogP contribution in [0.3, 0.4) is 0 Å². The Labute approximate surface area is 175 Å². The Hall–Kier alpha value is -1.54. The molecule has 0 aliphatic heterocycles. The van der Waals surface area contributed by atoms with Crippen molar-refractivity contribution < 1.29 is 13.2 Å². The van der Waals surface area contributed by atoms with Crippen LogP contribution in [-0.4, -0.2) is 23.9 Å². The molecule has 3 aromatic rings. The molecule has 8 heteroatoms. The predicted octanol–water partition coefficient (Wildman–Crippen LogP) is 5.42. The SMILES string of the molecule is Cc1cc(S(=O)(=O)n2cccc2)c(SCC(=O)c2ccc(Br)cc2)cc1Cl. The zero-order chi connectivity index (χ0) is 19.6. The summed E-state index contributed by atoms with van der Waals surface area (Å²) in [5.41, 5.74) is 1.23. The first-order chi connectivity index (χ1) is 12.8. The minimum absolute atomic E-state index is 0.0893. The lowest BCUT2D eigenvalue weighted by Crippen LogP contribution is -2.13. The molecular formula is C19H15BrClNO3S2. The second-order valence-corrected chi connectivity index (χ2v) is 9.94. The van der Waals surface area contributed by atoms with E-state index >= 15 is 0 Å². The number of hydrogen-bond donors (Lipinski definition) is 0. The van der Waals surface area contributed by atoms with Crippen LogP contribution in [0.2, 0.25) is 5.02 Å². The lowest BCUT2D eigenvalue weighted by Gasteiger charge is -2.13. The monoisotopic (exact) mass is 483 g/mol. The van der Waals surface area contributed by atoms with E-state index < -0.39 is 10.0 Å². The Balaban J connectivity index is 1.92. The van der Waals surface area contributed by atoms with Gasteiger partial charge in [0.25, 0.3) is 10.0 Å². The van der Waals surface area contributed by atoms with Gasteiger partial charge in [-0.05, 0) is 48.9 Å². The van der Waals surface area contributed by atoms with Crippen LogP contribution in [-0.2, 0) is 10.0 Å². The Morgan fingerprint density at radius 2 is 1.78 bits per heavy atom. The molecule has 0 saturated heterocycles. The number of ketones is 1. The number of rotatable bonds is 6. The van der Waals surface area contributed by atoms with Crippen LogP contribution < -0.4 is 0 Å². The van der Waals surface area contributed by atoms with Crippen LogP contribution in [0.15, 0.2) is 75.2 Å². The average Bonchev–Trinajstić information content (AvgIpc) is 3.18. The third-order valence-electron chi connectivity index (χ3n) is 3.88. The maximum absolute atomic E-state index is 12.9. The molecule has 0 N–H and O–H groups in total. The molecule has 0 atom stereocenters. The molecule has 140 valence electrons. The summed E-state index contributed by atoms with van der Waals surface area (Å²) < 4.78 is 27.9. The molecule has 0 saturated carbocycles. The van der Waals surface area contributed by atoms with Gasteiger partial charge in [-0.15, -0.1) is 11.8 Å². The van der Waals surface area contributed by atoms with Crippen molar-refractivity contribution in [3.05, 3.63) is 81.5 Å². The van der Waals surface area contributed by atoms with Gasteiger partial charge in [0, 0.05) is 32.3 Å². The van der Waals surface area contributed by atoms with Gasteiger partial charge in [0.1, 0.15) is 4.90 Å². The van der Waals surface area contributed by atoms with E-state index in [0.29, 0.717) is 21.0 Å². The fourth-order valence-electron chi connectivity index (χ4n) is 2.41. The maximum Gasteiger partial charge on any atom is 0.268 e. The number of hydrogen-bond acceptors (Lipinski definition) is 4. The molecular weight excluding hydrogens is 470 g/mol. The molecule has 1 heterocycles. The number of carbonyl (C=O) groups excluding carboxylic acids is 1. The standard InChI is InChI=1S/C19H15BrClNO3S2/c1-13-10-19(27(24,25)22-8-2-3-9-22)18(11-16(13)21)26-12-17(23)14-4-6-15(20)7-5-14/h2-11H,12H2,1H3. The van der Waals surface area contributed by atoms with Crippen LogP contribution in [0.1, 0.15) is 15.9 Å². The highest BCUT2D eigenvalue weighted by Gasteiger charge is 2.22. The topological polar surface area (TPSA) is 56.1 Å². The minimum atomic E-state index is -3.76. The van der Waals surface area contributed by atoms with Gasteiger partial charge < -0.3 is 0 Å². The molecule has 1 aromatic heterocycles. The van der Waals surface area contributed by atoms with E-state index in [1.807, 2.05) is 0 Å². The highest BCUT2D eigenvalue weighted by atomic mass is 79.9. The number of Topliss-reactive ketones (excluding diaryl/α,β-unsaturated/α-hetero) is 1. The summed E-state index contributed by atoms with van der Waals surface area (Å²) in [7, 11) is -3.76. The quantitative estimate of drug-likeness (QED) is 0.346. The largest absolute Gasteiger partial charge is 0.293 e. The van der Waals surface area contributed by atoms with E-state index in [1.54, 1.807) is 55.5 Å². The van der Waals surface area contributed by atoms with E-state index in [2.05, 4.69) is 15.9 Å². The third kappa shape index (κ3) is 4.48. The molecule has 2 aromatic carbocycles. The van der Waals surface area contributed by atoms with Crippen molar-refractivity contribution in [3.63, 3.8) is 0 Å². The highest BCUT2D eigenvalue weighted by Crippen LogP contribution is 2.33. The Bertz CT molecular complexity index is 1080. The first-order valence-corrected chi connectivity index (χ1v) is 11.5. The molecule has 0 aliphatic rings. The molecule has 0 aliphatic carbocycles. The highest BCUT2D eigenvalue weighted by molar-refractivity contribution is 9.10. The first kappa shape index (κ1) is 20.2. The van der Waals surface area contributed by atoms with Gasteiger partial charge in [0.05, 0.1) is 5.75 Å². The number of benzene rings is 2. The van der Waals surface area contributed by atoms with Gasteiger partial charge >= 0.3 is 0 Å². The molecule has 0 unspecified atom stereocenters. The first-order valence-electron chi connectivity index (χ1n) is 7.89. The maximum atomic E-state index is 12.9. The van der Waals surface area contributed by atoms with Crippen LogP contribution in [0, 0.1) is 6.92 Å². The fourth-order valence-corrected chi connectivity index (χ4v) is 5.57. The molecule has 0 radical (unpaired) electrons. The lowest BCUT2D eigenvalue weighted by atomic mass is 10.2. The van der Waals surface area contributed by atoms with Crippen molar-refractivity contribution >= 4 is 55.1 Å². The van der Waals surface area contributed by atoms with Gasteiger partial charge in [0.15, 0.2) is 5.78 Å². The summed E-state index contributed by atoms with van der Waals surface area (Å²) in [6.45, 7) is 1.75. The number of aromatic nitrogens is 1. The van der Waals surface area contributed by atoms with Gasteiger partial charge in [0.2, 0.25) is 0 Å². The van der Waals surface area contributed by atoms with E-state index in [9.17, 15) is 13.2 Å². The smallest absolute Gasteiger partial charge is 0.268 e. The van der Waals surface area contributed by atoms with Crippen molar-refractivity contribution in [3.8, 4) is 0 Å². The lowest BCUT2D eigenvalue weighted by molar-refractivity contribution is 0.102. The van der Waals surface area contributed by atoms with Gasteiger partial charge in [-0.2, -0.15) is 0 Å². The van der Waals surface area contributed by atoms with Crippen molar-refractivity contribution in [1.82, 2.24) is 3.97 Å². The molecule has 4 nitrogen and oxygen atoms in total. The summed E-state index contributed by atoms with van der Waals surface area (Å²) >= 11 is 10.7. The van der Waals surface area contributed by atoms with Crippen molar-refractivity contribution in [2.75, 3.05) is 5.75 Å². The van der Waals surface area contributed by atoms with E-state index in [1.165, 1.54) is 12.4 Å². The van der Waals surface area contributed by atoms with Crippen LogP contribution in [0.4, 0.5) is 0 Å². The minimum Gasteiger partial charge on any atom is -0.293 e. The summed E-state index contributed by atoms with van der Waals surface area (Å²) in [5, 5.41) is 0.458. The fraction of sp³-hybridized carbons (Fsp3) is 0.105. The number of halogens is 2. The van der Waals surface area contributed by atoms with Gasteiger partial charge in [-0.1, -0.05) is 39.7 Å². The molecule has 0 amide bonds. The molecule has 0 fully saturated rings. The third-order valence-corrected chi connectivity index (χ3v) is 7.69. The second-order valence-electron chi connectivity index (χ2n) is 5.78. The number of nitrogens with zero attached hydrogens (tertiary/aromatic N) is 1. The van der Waals surface area contributed by atoms with Crippen LogP contribution in [0.5, 0.6) is 0 Å². The molecule has 3 rings (SSSR count). The zero-order valence-electron chi connectivity index (χ0n) is 14.2. The van der Waals surface area contributed by atoms with E-state index in [4.69, 9.17) is 11.6 Å². The summed E-state index contributed by atoms with van der Waals surface area (Å²) in [6.07, 6.45) is 2.95. The summed E-state index contributed by atoms with van der Waals surface area (Å²) in [5.74, 6) is 0.0170. The van der Waals surface area contributed by atoms with Crippen molar-refractivity contribution in [1.29, 1.82) is 0 Å². The van der Waals surface area contributed by atoms with Crippen LogP contribution in [0.25, 0.3) is 0 Å². The second kappa shape index (κ2) is 8.22. The number of thioether (sulfide) groups is 1. The number of carbonyl (C=O) groups is 1. The molecule has 27 heavy (non-hydrogen) atoms. The van der Waals surface area contributed by atoms with E-state index in [0.717, 1.165) is 20.2 Å². The Morgan fingerprint density at radius 3 is 2.41 bits per heavy atom. The average molecular weight is 485 g/mol. The number of aryl methyl sites for hydroxylation is 1. The predicted molar refractivity (Wildman–Crippen MR) is 112 cm³/mol. The van der Waals surface area contributed by atoms with Crippen molar-refractivity contribution in [2.45, 2.75) is 16.7 Å². The summed E-state index contributed by atoms with van der Waals surface area (Å²) in [6, 6.07) is 13.5. The normalized spacial score (nSPS) is 11.5. The summed E-state index contributed by atoms with van der Waals surface area (Å²) in [4.78, 5) is 13.0. The Morgan fingerprint density at radius 1 is 1.15 bits per heavy atom. The van der Waals surface area contributed by atoms with Gasteiger partial charge in [-0.3, -0.25) is 4.79 Å². The van der Waals surface area contributed by atoms with Gasteiger partial charge in [-0.25, -0.2) is 12.4 Å². The molecule has 0 spiro atoms.